The number of aromatic nitrogens is 5. The number of hydrogen-bond acceptors (Lipinski definition) is 7. The first-order valence-electron chi connectivity index (χ1n) is 10.2. The number of H-pyrrole nitrogens is 1. The number of nitrogens with zero attached hydrogens (tertiary/aromatic N) is 5. The third-order valence-electron chi connectivity index (χ3n) is 5.12. The van der Waals surface area contributed by atoms with Gasteiger partial charge >= 0.3 is 6.18 Å². The maximum Gasteiger partial charge on any atom is 0.421 e. The van der Waals surface area contributed by atoms with Crippen molar-refractivity contribution in [2.75, 3.05) is 15.8 Å². The second-order valence-electron chi connectivity index (χ2n) is 7.43. The molecule has 1 aliphatic heterocycles. The van der Waals surface area contributed by atoms with Crippen molar-refractivity contribution in [1.82, 2.24) is 25.1 Å². The number of halogens is 3. The number of carbonyl (C=O) groups excluding carboxylic acids is 1. The van der Waals surface area contributed by atoms with Gasteiger partial charge in [0.05, 0.1) is 18.7 Å². The summed E-state index contributed by atoms with van der Waals surface area (Å²) in [6.45, 7) is -0.0924. The zero-order valence-electron chi connectivity index (χ0n) is 17.5. The minimum absolute atomic E-state index is 0.0924. The van der Waals surface area contributed by atoms with Crippen molar-refractivity contribution in [3.63, 3.8) is 0 Å². The van der Waals surface area contributed by atoms with Crippen LogP contribution in [0, 0.1) is 0 Å². The lowest BCUT2D eigenvalue weighted by atomic mass is 10.2. The molecular weight excluding hydrogens is 449 g/mol. The first kappa shape index (κ1) is 21.4. The summed E-state index contributed by atoms with van der Waals surface area (Å²) in [4.78, 5) is 24.4. The van der Waals surface area contributed by atoms with Crippen molar-refractivity contribution in [1.29, 1.82) is 0 Å². The van der Waals surface area contributed by atoms with E-state index in [1.54, 1.807) is 24.3 Å². The van der Waals surface area contributed by atoms with Crippen LogP contribution in [0.3, 0.4) is 0 Å². The Bertz CT molecular complexity index is 1340. The molecule has 5 rings (SSSR count). The SMILES string of the molecule is O=C1Cc2ccccc2N1Nc1ncc(C(F)(F)F)c(NCc2nc(-c3ccccc3)n[nH]2)n1. The Labute approximate surface area is 191 Å². The van der Waals surface area contributed by atoms with E-state index in [9.17, 15) is 18.0 Å². The van der Waals surface area contributed by atoms with Crippen LogP contribution >= 0.6 is 0 Å². The van der Waals surface area contributed by atoms with Crippen molar-refractivity contribution in [2.45, 2.75) is 19.1 Å². The van der Waals surface area contributed by atoms with Crippen molar-refractivity contribution in [3.8, 4) is 11.4 Å². The number of hydrogen-bond donors (Lipinski definition) is 3. The van der Waals surface area contributed by atoms with E-state index in [-0.39, 0.29) is 24.8 Å². The van der Waals surface area contributed by atoms with Crippen molar-refractivity contribution in [3.05, 3.63) is 77.7 Å². The number of carbonyl (C=O) groups is 1. The summed E-state index contributed by atoms with van der Waals surface area (Å²) in [6.07, 6.45) is -3.85. The van der Waals surface area contributed by atoms with Crippen LogP contribution in [0.15, 0.2) is 60.8 Å². The lowest BCUT2D eigenvalue weighted by Gasteiger charge is -2.20. The standard InChI is InChI=1S/C22H17F3N8O/c23-22(24,25)15-11-27-21(32-33-16-9-5-4-8-14(16)10-18(33)34)29-20(15)26-12-17-28-19(31-30-17)13-6-2-1-3-7-13/h1-9,11H,10,12H2,(H,28,30,31)(H2,26,27,29,32). The molecule has 0 unspecified atom stereocenters. The number of amides is 1. The molecule has 9 nitrogen and oxygen atoms in total. The maximum absolute atomic E-state index is 13.6. The monoisotopic (exact) mass is 466 g/mol. The van der Waals surface area contributed by atoms with Gasteiger partial charge in [0.2, 0.25) is 11.9 Å². The Morgan fingerprint density at radius 1 is 1.03 bits per heavy atom. The fourth-order valence-electron chi connectivity index (χ4n) is 3.51. The Hall–Kier alpha value is -4.48. The third-order valence-corrected chi connectivity index (χ3v) is 5.12. The summed E-state index contributed by atoms with van der Waals surface area (Å²) >= 11 is 0. The molecule has 0 fully saturated rings. The van der Waals surface area contributed by atoms with E-state index in [1.165, 1.54) is 5.01 Å². The van der Waals surface area contributed by atoms with Gasteiger partial charge in [-0.25, -0.2) is 15.0 Å². The number of para-hydroxylation sites is 1. The van der Waals surface area contributed by atoms with Crippen LogP contribution in [0.5, 0.6) is 0 Å². The fraction of sp³-hybridized carbons (Fsp3) is 0.136. The number of alkyl halides is 3. The second kappa shape index (κ2) is 8.46. The number of benzene rings is 2. The Balaban J connectivity index is 1.37. The van der Waals surface area contributed by atoms with Crippen LogP contribution in [0.4, 0.5) is 30.6 Å². The van der Waals surface area contributed by atoms with Gasteiger partial charge < -0.3 is 5.32 Å². The molecule has 3 heterocycles. The van der Waals surface area contributed by atoms with Gasteiger partial charge in [-0.1, -0.05) is 48.5 Å². The summed E-state index contributed by atoms with van der Waals surface area (Å²) in [6, 6.07) is 16.3. The lowest BCUT2D eigenvalue weighted by Crippen LogP contribution is -2.34. The van der Waals surface area contributed by atoms with Gasteiger partial charge in [0.15, 0.2) is 5.82 Å². The number of fused-ring (bicyclic) bond motifs is 1. The summed E-state index contributed by atoms with van der Waals surface area (Å²) in [5.41, 5.74) is 3.82. The zero-order valence-corrected chi connectivity index (χ0v) is 17.5. The number of anilines is 3. The van der Waals surface area contributed by atoms with Gasteiger partial charge in [-0.05, 0) is 11.6 Å². The zero-order chi connectivity index (χ0) is 23.7. The molecule has 172 valence electrons. The molecule has 1 amide bonds. The second-order valence-corrected chi connectivity index (χ2v) is 7.43. The van der Waals surface area contributed by atoms with E-state index in [1.807, 2.05) is 30.3 Å². The minimum Gasteiger partial charge on any atom is -0.362 e. The predicted molar refractivity (Wildman–Crippen MR) is 117 cm³/mol. The van der Waals surface area contributed by atoms with E-state index in [2.05, 4.69) is 35.9 Å². The molecule has 3 N–H and O–H groups in total. The number of aromatic amines is 1. The number of rotatable bonds is 6. The Morgan fingerprint density at radius 2 is 1.79 bits per heavy atom. The largest absolute Gasteiger partial charge is 0.421 e. The fourth-order valence-corrected chi connectivity index (χ4v) is 3.51. The average Bonchev–Trinajstić information content (AvgIpc) is 3.42. The van der Waals surface area contributed by atoms with Crippen LogP contribution in [0.1, 0.15) is 17.0 Å². The van der Waals surface area contributed by atoms with Crippen molar-refractivity contribution < 1.29 is 18.0 Å². The first-order valence-corrected chi connectivity index (χ1v) is 10.2. The molecule has 4 aromatic rings. The van der Waals surface area contributed by atoms with E-state index in [0.29, 0.717) is 23.5 Å². The predicted octanol–water partition coefficient (Wildman–Crippen LogP) is 3.81. The topological polar surface area (TPSA) is 112 Å². The molecule has 1 aliphatic rings. The Morgan fingerprint density at radius 3 is 2.59 bits per heavy atom. The van der Waals surface area contributed by atoms with Gasteiger partial charge in [-0.2, -0.15) is 23.3 Å². The van der Waals surface area contributed by atoms with Gasteiger partial charge in [-0.3, -0.25) is 15.3 Å². The quantitative estimate of drug-likeness (QED) is 0.396. The molecular formula is C22H17F3N8O. The normalized spacial score (nSPS) is 13.1. The van der Waals surface area contributed by atoms with Crippen LogP contribution < -0.4 is 15.8 Å². The highest BCUT2D eigenvalue weighted by molar-refractivity contribution is 6.02. The lowest BCUT2D eigenvalue weighted by molar-refractivity contribution is -0.137. The highest BCUT2D eigenvalue weighted by atomic mass is 19.4. The molecule has 0 bridgehead atoms. The van der Waals surface area contributed by atoms with Crippen LogP contribution in [0.2, 0.25) is 0 Å². The molecule has 0 aliphatic carbocycles. The van der Waals surface area contributed by atoms with E-state index in [4.69, 9.17) is 0 Å². The van der Waals surface area contributed by atoms with Gasteiger partial charge in [-0.15, -0.1) is 0 Å². The molecule has 12 heteroatoms. The molecule has 2 aromatic carbocycles. The molecule has 34 heavy (non-hydrogen) atoms. The highest BCUT2D eigenvalue weighted by Crippen LogP contribution is 2.34. The summed E-state index contributed by atoms with van der Waals surface area (Å²) in [5, 5.41) is 10.7. The maximum atomic E-state index is 13.6. The first-order chi connectivity index (χ1) is 16.4. The van der Waals surface area contributed by atoms with Gasteiger partial charge in [0.1, 0.15) is 17.2 Å². The molecule has 0 spiro atoms. The molecule has 0 atom stereocenters. The van der Waals surface area contributed by atoms with Gasteiger partial charge in [0, 0.05) is 11.8 Å². The Kier molecular flexibility index (Phi) is 5.32. The molecule has 0 saturated heterocycles. The van der Waals surface area contributed by atoms with E-state index >= 15 is 0 Å². The highest BCUT2D eigenvalue weighted by Gasteiger charge is 2.36. The van der Waals surface area contributed by atoms with Gasteiger partial charge in [0.25, 0.3) is 0 Å². The summed E-state index contributed by atoms with van der Waals surface area (Å²) in [5.74, 6) is -0.145. The summed E-state index contributed by atoms with van der Waals surface area (Å²) in [7, 11) is 0. The van der Waals surface area contributed by atoms with Crippen molar-refractivity contribution in [2.24, 2.45) is 0 Å². The number of hydrazine groups is 1. The minimum atomic E-state index is -4.69. The van der Waals surface area contributed by atoms with Crippen LogP contribution in [-0.2, 0) is 23.9 Å². The average molecular weight is 466 g/mol. The third kappa shape index (κ3) is 4.25. The summed E-state index contributed by atoms with van der Waals surface area (Å²) < 4.78 is 40.7. The van der Waals surface area contributed by atoms with E-state index < -0.39 is 17.6 Å². The molecule has 0 saturated carbocycles. The smallest absolute Gasteiger partial charge is 0.362 e. The van der Waals surface area contributed by atoms with E-state index in [0.717, 1.165) is 11.1 Å². The molecule has 0 radical (unpaired) electrons. The molecule has 2 aromatic heterocycles. The van der Waals surface area contributed by atoms with Crippen LogP contribution in [0.25, 0.3) is 11.4 Å². The van der Waals surface area contributed by atoms with Crippen molar-refractivity contribution >= 4 is 23.4 Å². The van der Waals surface area contributed by atoms with Crippen LogP contribution in [-0.4, -0.2) is 31.1 Å². The number of nitrogens with one attached hydrogen (secondary N) is 3.